The van der Waals surface area contributed by atoms with E-state index in [1.165, 1.54) is 12.1 Å². The monoisotopic (exact) mass is 278 g/mol. The van der Waals surface area contributed by atoms with Crippen LogP contribution < -0.4 is 0 Å². The number of hydrogen-bond donors (Lipinski definition) is 1. The molecule has 0 aliphatic carbocycles. The van der Waals surface area contributed by atoms with Crippen molar-refractivity contribution in [3.05, 3.63) is 70.0 Å². The normalized spacial score (nSPS) is 14.2. The van der Waals surface area contributed by atoms with Crippen molar-refractivity contribution in [2.24, 2.45) is 0 Å². The topological polar surface area (TPSA) is 20.2 Å². The number of rotatable bonds is 3. The molecule has 100 valence electrons. The average molecular weight is 279 g/mol. The van der Waals surface area contributed by atoms with Crippen LogP contribution in [0.5, 0.6) is 0 Å². The first-order chi connectivity index (χ1) is 8.90. The van der Waals surface area contributed by atoms with Gasteiger partial charge < -0.3 is 5.11 Å². The van der Waals surface area contributed by atoms with E-state index in [2.05, 4.69) is 0 Å². The fraction of sp³-hybridized carbons (Fsp3) is 0.250. The molecule has 3 heteroatoms. The lowest BCUT2D eigenvalue weighted by Gasteiger charge is -2.26. The van der Waals surface area contributed by atoms with Crippen molar-refractivity contribution in [2.75, 3.05) is 0 Å². The first-order valence-corrected chi connectivity index (χ1v) is 6.50. The minimum absolute atomic E-state index is 0.185. The standard InChI is InChI=1S/C16H16ClFO/c1-11-5-3-4-6-14(11)16(2,19)10-12-9-13(17)7-8-15(12)18/h3-9,19H,10H2,1-2H3. The van der Waals surface area contributed by atoms with Crippen LogP contribution in [0.1, 0.15) is 23.6 Å². The Morgan fingerprint density at radius 3 is 2.58 bits per heavy atom. The number of aliphatic hydroxyl groups is 1. The molecule has 0 aliphatic rings. The zero-order valence-corrected chi connectivity index (χ0v) is 11.7. The van der Waals surface area contributed by atoms with Crippen molar-refractivity contribution in [3.8, 4) is 0 Å². The van der Waals surface area contributed by atoms with E-state index in [9.17, 15) is 9.50 Å². The van der Waals surface area contributed by atoms with E-state index in [1.54, 1.807) is 13.0 Å². The molecule has 2 rings (SSSR count). The third-order valence-electron chi connectivity index (χ3n) is 3.27. The van der Waals surface area contributed by atoms with E-state index in [0.717, 1.165) is 11.1 Å². The van der Waals surface area contributed by atoms with Gasteiger partial charge in [0, 0.05) is 11.4 Å². The molecular formula is C16H16ClFO. The SMILES string of the molecule is Cc1ccccc1C(C)(O)Cc1cc(Cl)ccc1F. The van der Waals surface area contributed by atoms with Crippen LogP contribution in [0.2, 0.25) is 5.02 Å². The molecule has 19 heavy (non-hydrogen) atoms. The summed E-state index contributed by atoms with van der Waals surface area (Å²) in [5.74, 6) is -0.349. The van der Waals surface area contributed by atoms with Crippen molar-refractivity contribution in [1.29, 1.82) is 0 Å². The Kier molecular flexibility index (Phi) is 3.93. The number of benzene rings is 2. The van der Waals surface area contributed by atoms with Crippen LogP contribution in [0.3, 0.4) is 0 Å². The molecule has 0 saturated carbocycles. The van der Waals surface area contributed by atoms with Crippen LogP contribution in [0.4, 0.5) is 4.39 Å². The van der Waals surface area contributed by atoms with Gasteiger partial charge in [0.2, 0.25) is 0 Å². The van der Waals surface area contributed by atoms with E-state index >= 15 is 0 Å². The molecule has 0 bridgehead atoms. The molecule has 0 amide bonds. The highest BCUT2D eigenvalue weighted by Crippen LogP contribution is 2.29. The predicted molar refractivity (Wildman–Crippen MR) is 75.9 cm³/mol. The highest BCUT2D eigenvalue weighted by molar-refractivity contribution is 6.30. The fourth-order valence-corrected chi connectivity index (χ4v) is 2.52. The van der Waals surface area contributed by atoms with Crippen LogP contribution in [-0.4, -0.2) is 5.11 Å². The maximum Gasteiger partial charge on any atom is 0.126 e. The van der Waals surface area contributed by atoms with Gasteiger partial charge in [0.15, 0.2) is 0 Å². The van der Waals surface area contributed by atoms with Crippen molar-refractivity contribution in [3.63, 3.8) is 0 Å². The lowest BCUT2D eigenvalue weighted by Crippen LogP contribution is -2.25. The molecule has 1 atom stereocenters. The van der Waals surface area contributed by atoms with E-state index in [0.29, 0.717) is 10.6 Å². The Hall–Kier alpha value is -1.38. The molecule has 0 heterocycles. The van der Waals surface area contributed by atoms with Crippen LogP contribution in [0, 0.1) is 12.7 Å². The van der Waals surface area contributed by atoms with Crippen LogP contribution in [0.25, 0.3) is 0 Å². The molecule has 0 aliphatic heterocycles. The molecular weight excluding hydrogens is 263 g/mol. The maximum absolute atomic E-state index is 13.7. The van der Waals surface area contributed by atoms with Crippen molar-refractivity contribution >= 4 is 11.6 Å². The Morgan fingerprint density at radius 1 is 1.21 bits per heavy atom. The van der Waals surface area contributed by atoms with Gasteiger partial charge in [-0.15, -0.1) is 0 Å². The second kappa shape index (κ2) is 5.32. The number of halogens is 2. The second-order valence-corrected chi connectivity index (χ2v) is 5.44. The largest absolute Gasteiger partial charge is 0.385 e. The van der Waals surface area contributed by atoms with E-state index in [1.807, 2.05) is 31.2 Å². The number of hydrogen-bond acceptors (Lipinski definition) is 1. The maximum atomic E-state index is 13.7. The van der Waals surface area contributed by atoms with Gasteiger partial charge in [0.25, 0.3) is 0 Å². The molecule has 1 nitrogen and oxygen atoms in total. The molecule has 0 radical (unpaired) electrons. The van der Waals surface area contributed by atoms with Gasteiger partial charge in [-0.25, -0.2) is 4.39 Å². The quantitative estimate of drug-likeness (QED) is 0.890. The first kappa shape index (κ1) is 14.0. The summed E-state index contributed by atoms with van der Waals surface area (Å²) >= 11 is 5.87. The average Bonchev–Trinajstić information content (AvgIpc) is 2.34. The summed E-state index contributed by atoms with van der Waals surface area (Å²) < 4.78 is 13.7. The molecule has 0 aromatic heterocycles. The molecule has 1 unspecified atom stereocenters. The molecule has 2 aromatic carbocycles. The van der Waals surface area contributed by atoms with Crippen LogP contribution >= 0.6 is 11.6 Å². The number of aryl methyl sites for hydroxylation is 1. The molecule has 0 fully saturated rings. The summed E-state index contributed by atoms with van der Waals surface area (Å²) in [5, 5.41) is 11.1. The second-order valence-electron chi connectivity index (χ2n) is 5.00. The van der Waals surface area contributed by atoms with Gasteiger partial charge >= 0.3 is 0 Å². The van der Waals surface area contributed by atoms with E-state index in [-0.39, 0.29) is 12.2 Å². The summed E-state index contributed by atoms with van der Waals surface area (Å²) in [6.07, 6.45) is 0.185. The summed E-state index contributed by atoms with van der Waals surface area (Å²) in [6, 6.07) is 12.0. The van der Waals surface area contributed by atoms with Crippen LogP contribution in [0.15, 0.2) is 42.5 Å². The van der Waals surface area contributed by atoms with Gasteiger partial charge in [-0.3, -0.25) is 0 Å². The summed E-state index contributed by atoms with van der Waals surface area (Å²) in [6.45, 7) is 3.62. The Balaban J connectivity index is 2.36. The van der Waals surface area contributed by atoms with Crippen molar-refractivity contribution in [2.45, 2.75) is 25.9 Å². The third kappa shape index (κ3) is 3.14. The highest BCUT2D eigenvalue weighted by Gasteiger charge is 2.26. The van der Waals surface area contributed by atoms with Gasteiger partial charge in [-0.2, -0.15) is 0 Å². The van der Waals surface area contributed by atoms with Crippen LogP contribution in [-0.2, 0) is 12.0 Å². The van der Waals surface area contributed by atoms with Gasteiger partial charge in [0.1, 0.15) is 5.82 Å². The zero-order chi connectivity index (χ0) is 14.0. The van der Waals surface area contributed by atoms with E-state index in [4.69, 9.17) is 11.6 Å². The zero-order valence-electron chi connectivity index (χ0n) is 11.0. The minimum Gasteiger partial charge on any atom is -0.385 e. The summed E-state index contributed by atoms with van der Waals surface area (Å²) in [5.41, 5.74) is 1.07. The van der Waals surface area contributed by atoms with Crippen molar-refractivity contribution in [1.82, 2.24) is 0 Å². The molecule has 0 saturated heterocycles. The smallest absolute Gasteiger partial charge is 0.126 e. The minimum atomic E-state index is -1.13. The van der Waals surface area contributed by atoms with E-state index < -0.39 is 5.60 Å². The third-order valence-corrected chi connectivity index (χ3v) is 3.50. The highest BCUT2D eigenvalue weighted by atomic mass is 35.5. The Bertz CT molecular complexity index is 593. The van der Waals surface area contributed by atoms with Gasteiger partial charge in [-0.05, 0) is 48.7 Å². The Morgan fingerprint density at radius 2 is 1.89 bits per heavy atom. The Labute approximate surface area is 117 Å². The molecule has 0 spiro atoms. The summed E-state index contributed by atoms with van der Waals surface area (Å²) in [4.78, 5) is 0. The fourth-order valence-electron chi connectivity index (χ4n) is 2.32. The van der Waals surface area contributed by atoms with Crippen molar-refractivity contribution < 1.29 is 9.50 Å². The molecule has 1 N–H and O–H groups in total. The van der Waals surface area contributed by atoms with Gasteiger partial charge in [-0.1, -0.05) is 35.9 Å². The first-order valence-electron chi connectivity index (χ1n) is 6.12. The lowest BCUT2D eigenvalue weighted by atomic mass is 9.86. The summed E-state index contributed by atoms with van der Waals surface area (Å²) in [7, 11) is 0. The lowest BCUT2D eigenvalue weighted by molar-refractivity contribution is 0.0560. The predicted octanol–water partition coefficient (Wildman–Crippen LogP) is 4.24. The van der Waals surface area contributed by atoms with Gasteiger partial charge in [0.05, 0.1) is 5.60 Å². The molecule has 2 aromatic rings.